The van der Waals surface area contributed by atoms with Crippen LogP contribution in [0.2, 0.25) is 0 Å². The molecule has 0 amide bonds. The van der Waals surface area contributed by atoms with Gasteiger partial charge in [-0.2, -0.15) is 0 Å². The molecule has 2 atom stereocenters. The molecule has 2 nitrogen and oxygen atoms in total. The average molecular weight is 231 g/mol. The minimum absolute atomic E-state index is 0.0303. The number of ketones is 1. The zero-order valence-electron chi connectivity index (χ0n) is 10.6. The van der Waals surface area contributed by atoms with Gasteiger partial charge in [0, 0.05) is 18.9 Å². The summed E-state index contributed by atoms with van der Waals surface area (Å²) in [5.74, 6) is 1.15. The Morgan fingerprint density at radius 2 is 2.12 bits per heavy atom. The molecule has 1 aliphatic carbocycles. The van der Waals surface area contributed by atoms with E-state index in [4.69, 9.17) is 5.73 Å². The van der Waals surface area contributed by atoms with Gasteiger partial charge in [-0.05, 0) is 29.4 Å². The second kappa shape index (κ2) is 5.01. The summed E-state index contributed by atoms with van der Waals surface area (Å²) in [5, 5.41) is 0. The first-order valence-corrected chi connectivity index (χ1v) is 6.44. The number of Topliss-reactive ketones (excluding diaryl/α,β-unsaturated/α-hetero) is 1. The van der Waals surface area contributed by atoms with Gasteiger partial charge in [-0.3, -0.25) is 4.79 Å². The smallest absolute Gasteiger partial charge is 0.138 e. The highest BCUT2D eigenvalue weighted by molar-refractivity contribution is 5.82. The summed E-state index contributed by atoms with van der Waals surface area (Å²) in [4.78, 5) is 12.1. The fourth-order valence-corrected chi connectivity index (χ4v) is 2.71. The quantitative estimate of drug-likeness (QED) is 0.846. The van der Waals surface area contributed by atoms with Crippen molar-refractivity contribution in [1.29, 1.82) is 0 Å². The van der Waals surface area contributed by atoms with E-state index in [1.807, 2.05) is 0 Å². The first kappa shape index (κ1) is 12.3. The van der Waals surface area contributed by atoms with E-state index in [2.05, 4.69) is 38.1 Å². The molecule has 0 aromatic heterocycles. The van der Waals surface area contributed by atoms with Crippen molar-refractivity contribution in [2.24, 2.45) is 17.6 Å². The van der Waals surface area contributed by atoms with Crippen LogP contribution in [0.5, 0.6) is 0 Å². The van der Waals surface area contributed by atoms with Crippen LogP contribution in [-0.2, 0) is 11.2 Å². The normalized spacial score (nSPS) is 19.6. The van der Waals surface area contributed by atoms with E-state index in [0.29, 0.717) is 30.6 Å². The Bertz CT molecular complexity index is 411. The molecule has 2 heteroatoms. The lowest BCUT2D eigenvalue weighted by molar-refractivity contribution is -0.124. The molecule has 1 aromatic rings. The number of fused-ring (bicyclic) bond motifs is 1. The molecule has 0 saturated carbocycles. The van der Waals surface area contributed by atoms with Crippen molar-refractivity contribution in [2.45, 2.75) is 32.6 Å². The Morgan fingerprint density at radius 1 is 1.41 bits per heavy atom. The van der Waals surface area contributed by atoms with Crippen molar-refractivity contribution in [1.82, 2.24) is 0 Å². The number of nitrogens with two attached hydrogens (primary N) is 1. The fraction of sp³-hybridized carbons (Fsp3) is 0.533. The van der Waals surface area contributed by atoms with Gasteiger partial charge in [-0.1, -0.05) is 38.1 Å². The van der Waals surface area contributed by atoms with Gasteiger partial charge in [0.15, 0.2) is 0 Å². The maximum absolute atomic E-state index is 12.1. The van der Waals surface area contributed by atoms with Crippen LogP contribution in [0.4, 0.5) is 0 Å². The highest BCUT2D eigenvalue weighted by Crippen LogP contribution is 2.38. The van der Waals surface area contributed by atoms with Gasteiger partial charge in [-0.25, -0.2) is 0 Å². The summed E-state index contributed by atoms with van der Waals surface area (Å²) in [5.41, 5.74) is 8.45. The van der Waals surface area contributed by atoms with Gasteiger partial charge in [-0.15, -0.1) is 0 Å². The van der Waals surface area contributed by atoms with Crippen LogP contribution >= 0.6 is 0 Å². The van der Waals surface area contributed by atoms with Crippen molar-refractivity contribution >= 4 is 5.78 Å². The highest BCUT2D eigenvalue weighted by atomic mass is 16.1. The number of rotatable bonds is 5. The predicted molar refractivity (Wildman–Crippen MR) is 69.9 cm³/mol. The number of carbonyl (C=O) groups excluding carboxylic acids is 1. The number of hydrogen-bond acceptors (Lipinski definition) is 2. The molecular formula is C15H21NO. The third kappa shape index (κ3) is 2.42. The van der Waals surface area contributed by atoms with Crippen LogP contribution in [0.1, 0.15) is 37.3 Å². The summed E-state index contributed by atoms with van der Waals surface area (Å²) in [6.07, 6.45) is 1.72. The molecule has 0 bridgehead atoms. The zero-order chi connectivity index (χ0) is 12.4. The molecule has 0 saturated heterocycles. The summed E-state index contributed by atoms with van der Waals surface area (Å²) in [6.45, 7) is 4.62. The first-order chi connectivity index (χ1) is 8.13. The lowest BCUT2D eigenvalue weighted by atomic mass is 9.73. The second-order valence-corrected chi connectivity index (χ2v) is 5.36. The fourth-order valence-electron chi connectivity index (χ4n) is 2.71. The van der Waals surface area contributed by atoms with E-state index >= 15 is 0 Å². The summed E-state index contributed by atoms with van der Waals surface area (Å²) >= 11 is 0. The van der Waals surface area contributed by atoms with Gasteiger partial charge in [0.2, 0.25) is 0 Å². The molecule has 0 radical (unpaired) electrons. The molecule has 2 unspecified atom stereocenters. The molecule has 0 aliphatic heterocycles. The zero-order valence-corrected chi connectivity index (χ0v) is 10.6. The lowest BCUT2D eigenvalue weighted by Crippen LogP contribution is -2.31. The summed E-state index contributed by atoms with van der Waals surface area (Å²) in [6, 6.07) is 8.41. The lowest BCUT2D eigenvalue weighted by Gasteiger charge is -2.31. The van der Waals surface area contributed by atoms with E-state index < -0.39 is 0 Å². The molecule has 0 heterocycles. The minimum atomic E-state index is 0.0303. The van der Waals surface area contributed by atoms with Crippen molar-refractivity contribution in [3.8, 4) is 0 Å². The minimum Gasteiger partial charge on any atom is -0.330 e. The Kier molecular flexibility index (Phi) is 3.63. The van der Waals surface area contributed by atoms with Crippen LogP contribution in [0.25, 0.3) is 0 Å². The van der Waals surface area contributed by atoms with Gasteiger partial charge in [0.25, 0.3) is 0 Å². The average Bonchev–Trinajstić information content (AvgIpc) is 2.26. The van der Waals surface area contributed by atoms with Gasteiger partial charge < -0.3 is 5.73 Å². The Morgan fingerprint density at radius 3 is 2.71 bits per heavy atom. The Hall–Kier alpha value is -1.15. The van der Waals surface area contributed by atoms with Crippen LogP contribution < -0.4 is 5.73 Å². The molecule has 0 spiro atoms. The molecule has 1 aromatic carbocycles. The molecule has 2 rings (SSSR count). The van der Waals surface area contributed by atoms with Crippen LogP contribution in [0.3, 0.4) is 0 Å². The molecule has 17 heavy (non-hydrogen) atoms. The van der Waals surface area contributed by atoms with Gasteiger partial charge in [0.1, 0.15) is 5.78 Å². The number of carbonyl (C=O) groups is 1. The number of hydrogen-bond donors (Lipinski definition) is 1. The monoisotopic (exact) mass is 231 g/mol. The Balaban J connectivity index is 1.98. The van der Waals surface area contributed by atoms with Crippen molar-refractivity contribution in [3.63, 3.8) is 0 Å². The third-order valence-electron chi connectivity index (χ3n) is 3.88. The number of benzene rings is 1. The largest absolute Gasteiger partial charge is 0.330 e. The molecule has 1 aliphatic rings. The van der Waals surface area contributed by atoms with Gasteiger partial charge >= 0.3 is 0 Å². The van der Waals surface area contributed by atoms with Crippen molar-refractivity contribution in [3.05, 3.63) is 35.4 Å². The molecule has 92 valence electrons. The summed E-state index contributed by atoms with van der Waals surface area (Å²) < 4.78 is 0. The van der Waals surface area contributed by atoms with Gasteiger partial charge in [0.05, 0.1) is 0 Å². The topological polar surface area (TPSA) is 43.1 Å². The Labute approximate surface area is 103 Å². The third-order valence-corrected chi connectivity index (χ3v) is 3.88. The second-order valence-electron chi connectivity index (χ2n) is 5.36. The van der Waals surface area contributed by atoms with E-state index in [-0.39, 0.29) is 5.92 Å². The molecule has 2 N–H and O–H groups in total. The maximum atomic E-state index is 12.1. The maximum Gasteiger partial charge on any atom is 0.138 e. The van der Waals surface area contributed by atoms with Crippen LogP contribution in [0, 0.1) is 11.8 Å². The van der Waals surface area contributed by atoms with E-state index in [0.717, 1.165) is 6.42 Å². The van der Waals surface area contributed by atoms with E-state index in [1.165, 1.54) is 11.1 Å². The van der Waals surface area contributed by atoms with Crippen molar-refractivity contribution in [2.75, 3.05) is 6.54 Å². The predicted octanol–water partition coefficient (Wildman–Crippen LogP) is 2.52. The van der Waals surface area contributed by atoms with Crippen molar-refractivity contribution < 1.29 is 4.79 Å². The van der Waals surface area contributed by atoms with E-state index in [9.17, 15) is 4.79 Å². The highest BCUT2D eigenvalue weighted by Gasteiger charge is 2.30. The van der Waals surface area contributed by atoms with Crippen LogP contribution in [0.15, 0.2) is 24.3 Å². The molecule has 0 fully saturated rings. The standard InChI is InChI=1S/C15H21NO/c1-10(2)14(9-16)15(17)8-12-7-11-5-3-4-6-13(11)12/h3-6,10,12,14H,7-9,16H2,1-2H3. The first-order valence-electron chi connectivity index (χ1n) is 6.44. The van der Waals surface area contributed by atoms with E-state index in [1.54, 1.807) is 0 Å². The SMILES string of the molecule is CC(C)C(CN)C(=O)CC1Cc2ccccc21. The van der Waals surface area contributed by atoms with Crippen LogP contribution in [-0.4, -0.2) is 12.3 Å². The summed E-state index contributed by atoms with van der Waals surface area (Å²) in [7, 11) is 0. The molecular weight excluding hydrogens is 210 g/mol.